The Morgan fingerprint density at radius 3 is 2.91 bits per heavy atom. The van der Waals surface area contributed by atoms with Crippen LogP contribution in [0.2, 0.25) is 0 Å². The van der Waals surface area contributed by atoms with Crippen molar-refractivity contribution in [1.29, 1.82) is 5.26 Å². The van der Waals surface area contributed by atoms with E-state index in [1.54, 1.807) is 12.1 Å². The predicted octanol–water partition coefficient (Wildman–Crippen LogP) is 1.56. The Kier molecular flexibility index (Phi) is 4.39. The molecule has 1 atom stereocenters. The average molecular weight is 301 g/mol. The first-order valence-electron chi connectivity index (χ1n) is 6.60. The highest BCUT2D eigenvalue weighted by Crippen LogP contribution is 2.28. The molecule has 0 amide bonds. The summed E-state index contributed by atoms with van der Waals surface area (Å²) in [5.41, 5.74) is 4.42. The monoisotopic (exact) mass is 301 g/mol. The number of aromatic nitrogens is 1. The number of hydrogen-bond acceptors (Lipinski definition) is 7. The SMILES string of the molecule is CCOc1ccc(NC2=CC=C(C#N)CC2(N)[N+](=O)[O-])nc1. The van der Waals surface area contributed by atoms with E-state index < -0.39 is 10.6 Å². The third-order valence-corrected chi connectivity index (χ3v) is 3.16. The summed E-state index contributed by atoms with van der Waals surface area (Å²) in [6.07, 6.45) is 4.27. The van der Waals surface area contributed by atoms with E-state index in [1.807, 2.05) is 13.0 Å². The fraction of sp³-hybridized carbons (Fsp3) is 0.286. The van der Waals surface area contributed by atoms with Crippen molar-refractivity contribution in [3.63, 3.8) is 0 Å². The largest absolute Gasteiger partial charge is 0.492 e. The van der Waals surface area contributed by atoms with E-state index in [1.165, 1.54) is 18.3 Å². The number of hydrogen-bond donors (Lipinski definition) is 2. The Balaban J connectivity index is 2.25. The van der Waals surface area contributed by atoms with Gasteiger partial charge in [0.05, 0.1) is 25.3 Å². The number of nitriles is 1. The Bertz CT molecular complexity index is 675. The molecule has 1 heterocycles. The smallest absolute Gasteiger partial charge is 0.317 e. The van der Waals surface area contributed by atoms with Crippen molar-refractivity contribution < 1.29 is 9.66 Å². The number of nitrogens with two attached hydrogens (primary N) is 1. The summed E-state index contributed by atoms with van der Waals surface area (Å²) in [6.45, 7) is 2.38. The summed E-state index contributed by atoms with van der Waals surface area (Å²) in [4.78, 5) is 14.8. The van der Waals surface area contributed by atoms with Crippen molar-refractivity contribution >= 4 is 5.82 Å². The van der Waals surface area contributed by atoms with Crippen LogP contribution in [0.25, 0.3) is 0 Å². The molecule has 22 heavy (non-hydrogen) atoms. The van der Waals surface area contributed by atoms with Gasteiger partial charge in [-0.05, 0) is 31.2 Å². The third-order valence-electron chi connectivity index (χ3n) is 3.16. The quantitative estimate of drug-likeness (QED) is 0.480. The molecule has 1 aromatic heterocycles. The highest BCUT2D eigenvalue weighted by Gasteiger charge is 2.45. The number of allylic oxidation sites excluding steroid dienone is 2. The van der Waals surface area contributed by atoms with Crippen LogP contribution >= 0.6 is 0 Å². The molecule has 1 unspecified atom stereocenters. The molecular formula is C14H15N5O3. The topological polar surface area (TPSA) is 127 Å². The Morgan fingerprint density at radius 2 is 2.36 bits per heavy atom. The van der Waals surface area contributed by atoms with Crippen LogP contribution in [-0.2, 0) is 0 Å². The first kappa shape index (κ1) is 15.5. The number of pyridine rings is 1. The van der Waals surface area contributed by atoms with Crippen molar-refractivity contribution in [3.05, 3.63) is 51.9 Å². The van der Waals surface area contributed by atoms with E-state index in [0.29, 0.717) is 18.2 Å². The lowest BCUT2D eigenvalue weighted by atomic mass is 9.93. The second kappa shape index (κ2) is 6.24. The van der Waals surface area contributed by atoms with E-state index in [4.69, 9.17) is 15.7 Å². The van der Waals surface area contributed by atoms with Gasteiger partial charge in [-0.15, -0.1) is 0 Å². The summed E-state index contributed by atoms with van der Waals surface area (Å²) in [6, 6.07) is 5.22. The minimum Gasteiger partial charge on any atom is -0.492 e. The number of ether oxygens (including phenoxy) is 1. The lowest BCUT2D eigenvalue weighted by molar-refractivity contribution is -0.556. The molecule has 0 radical (unpaired) electrons. The van der Waals surface area contributed by atoms with Crippen molar-refractivity contribution in [2.24, 2.45) is 5.73 Å². The predicted molar refractivity (Wildman–Crippen MR) is 79.3 cm³/mol. The van der Waals surface area contributed by atoms with Gasteiger partial charge in [0.15, 0.2) is 0 Å². The molecule has 0 bridgehead atoms. The number of rotatable bonds is 5. The van der Waals surface area contributed by atoms with Crippen LogP contribution in [-0.4, -0.2) is 22.2 Å². The molecular weight excluding hydrogens is 286 g/mol. The molecule has 0 spiro atoms. The molecule has 3 N–H and O–H groups in total. The van der Waals surface area contributed by atoms with Crippen LogP contribution in [0.4, 0.5) is 5.82 Å². The van der Waals surface area contributed by atoms with E-state index in [-0.39, 0.29) is 17.7 Å². The molecule has 8 heteroatoms. The molecule has 114 valence electrons. The minimum atomic E-state index is -1.87. The Hall–Kier alpha value is -2.92. The maximum atomic E-state index is 11.3. The van der Waals surface area contributed by atoms with Gasteiger partial charge < -0.3 is 10.1 Å². The van der Waals surface area contributed by atoms with Crippen LogP contribution in [0.1, 0.15) is 13.3 Å². The minimum absolute atomic E-state index is 0.174. The number of nitrogens with zero attached hydrogens (tertiary/aromatic N) is 3. The normalized spacial score (nSPS) is 20.4. The fourth-order valence-corrected chi connectivity index (χ4v) is 2.01. The van der Waals surface area contributed by atoms with E-state index in [9.17, 15) is 10.1 Å². The zero-order valence-electron chi connectivity index (χ0n) is 11.9. The highest BCUT2D eigenvalue weighted by atomic mass is 16.6. The Morgan fingerprint density at radius 1 is 1.59 bits per heavy atom. The van der Waals surface area contributed by atoms with Crippen molar-refractivity contribution in [3.8, 4) is 11.8 Å². The first-order valence-corrected chi connectivity index (χ1v) is 6.60. The Labute approximate surface area is 127 Å². The fourth-order valence-electron chi connectivity index (χ4n) is 2.01. The van der Waals surface area contributed by atoms with E-state index in [0.717, 1.165) is 0 Å². The molecule has 1 aliphatic rings. The lowest BCUT2D eigenvalue weighted by Gasteiger charge is -2.26. The molecule has 8 nitrogen and oxygen atoms in total. The standard InChI is InChI=1S/C14H15N5O3/c1-2-22-11-4-6-13(17-9-11)18-12-5-3-10(8-15)7-14(12,16)19(20)21/h3-6,9H,2,7,16H2,1H3,(H,17,18). The summed E-state index contributed by atoms with van der Waals surface area (Å²) >= 11 is 0. The molecule has 1 aliphatic carbocycles. The number of nitro groups is 1. The molecule has 0 saturated heterocycles. The van der Waals surface area contributed by atoms with Gasteiger partial charge in [0, 0.05) is 10.5 Å². The van der Waals surface area contributed by atoms with Gasteiger partial charge in [-0.1, -0.05) is 0 Å². The van der Waals surface area contributed by atoms with Gasteiger partial charge in [0.1, 0.15) is 17.3 Å². The van der Waals surface area contributed by atoms with Crippen LogP contribution < -0.4 is 15.8 Å². The second-order valence-electron chi connectivity index (χ2n) is 4.68. The van der Waals surface area contributed by atoms with Crippen molar-refractivity contribution in [2.45, 2.75) is 19.0 Å². The molecule has 0 aromatic carbocycles. The second-order valence-corrected chi connectivity index (χ2v) is 4.68. The van der Waals surface area contributed by atoms with Crippen molar-refractivity contribution in [1.82, 2.24) is 4.98 Å². The average Bonchev–Trinajstić information content (AvgIpc) is 2.51. The molecule has 0 saturated carbocycles. The van der Waals surface area contributed by atoms with E-state index in [2.05, 4.69) is 10.3 Å². The molecule has 0 aliphatic heterocycles. The molecule has 0 fully saturated rings. The van der Waals surface area contributed by atoms with Gasteiger partial charge in [-0.25, -0.2) is 4.98 Å². The molecule has 1 aromatic rings. The number of nitrogens with one attached hydrogen (secondary N) is 1. The summed E-state index contributed by atoms with van der Waals surface area (Å²) in [5.74, 6) is 1.01. The highest BCUT2D eigenvalue weighted by molar-refractivity contribution is 5.49. The summed E-state index contributed by atoms with van der Waals surface area (Å²) in [5, 5.41) is 23.0. The first-order chi connectivity index (χ1) is 10.5. The lowest BCUT2D eigenvalue weighted by Crippen LogP contribution is -2.52. The zero-order valence-corrected chi connectivity index (χ0v) is 11.9. The zero-order chi connectivity index (χ0) is 16.2. The van der Waals surface area contributed by atoms with Crippen LogP contribution in [0.3, 0.4) is 0 Å². The van der Waals surface area contributed by atoms with Crippen LogP contribution in [0.15, 0.2) is 41.8 Å². The van der Waals surface area contributed by atoms with Crippen molar-refractivity contribution in [2.75, 3.05) is 11.9 Å². The third kappa shape index (κ3) is 3.05. The molecule has 2 rings (SSSR count). The van der Waals surface area contributed by atoms with Crippen LogP contribution in [0.5, 0.6) is 5.75 Å². The maximum absolute atomic E-state index is 11.3. The number of anilines is 1. The summed E-state index contributed by atoms with van der Waals surface area (Å²) < 4.78 is 5.28. The van der Waals surface area contributed by atoms with E-state index >= 15 is 0 Å². The van der Waals surface area contributed by atoms with Gasteiger partial charge in [0.2, 0.25) is 0 Å². The van der Waals surface area contributed by atoms with Gasteiger partial charge >= 0.3 is 5.66 Å². The maximum Gasteiger partial charge on any atom is 0.317 e. The van der Waals surface area contributed by atoms with Gasteiger partial charge in [0.25, 0.3) is 0 Å². The van der Waals surface area contributed by atoms with Crippen LogP contribution in [0, 0.1) is 21.4 Å². The summed E-state index contributed by atoms with van der Waals surface area (Å²) in [7, 11) is 0. The van der Waals surface area contributed by atoms with Gasteiger partial charge in [-0.3, -0.25) is 15.8 Å². The van der Waals surface area contributed by atoms with Gasteiger partial charge in [-0.2, -0.15) is 5.26 Å².